The molecule has 0 saturated carbocycles. The second-order valence-electron chi connectivity index (χ2n) is 6.12. The van der Waals surface area contributed by atoms with Gasteiger partial charge in [-0.15, -0.1) is 0 Å². The molecule has 1 saturated heterocycles. The molecule has 0 bridgehead atoms. The van der Waals surface area contributed by atoms with E-state index in [0.717, 1.165) is 38.4 Å². The van der Waals surface area contributed by atoms with Crippen LogP contribution in [0.2, 0.25) is 0 Å². The van der Waals surface area contributed by atoms with Crippen molar-refractivity contribution in [2.45, 2.75) is 33.7 Å². The highest BCUT2D eigenvalue weighted by Gasteiger charge is 2.21. The Kier molecular flexibility index (Phi) is 5.58. The first-order valence-corrected chi connectivity index (χ1v) is 8.50. The average Bonchev–Trinajstić information content (AvgIpc) is 2.75. The molecule has 0 aromatic carbocycles. The van der Waals surface area contributed by atoms with Crippen LogP contribution in [0.4, 0.5) is 0 Å². The average molecular weight is 311 g/mol. The third kappa shape index (κ3) is 4.41. The summed E-state index contributed by atoms with van der Waals surface area (Å²) < 4.78 is 1.69. The van der Waals surface area contributed by atoms with Crippen LogP contribution in [0.5, 0.6) is 0 Å². The lowest BCUT2D eigenvalue weighted by Gasteiger charge is -2.35. The Bertz CT molecular complexity index is 527. The molecule has 5 nitrogen and oxygen atoms in total. The maximum absolute atomic E-state index is 12.2. The van der Waals surface area contributed by atoms with Crippen LogP contribution < -0.4 is 4.87 Å². The van der Waals surface area contributed by atoms with Crippen molar-refractivity contribution in [3.8, 4) is 0 Å². The number of nitrogens with zero attached hydrogens (tertiary/aromatic N) is 3. The predicted molar refractivity (Wildman–Crippen MR) is 85.8 cm³/mol. The van der Waals surface area contributed by atoms with E-state index in [1.165, 1.54) is 11.3 Å². The summed E-state index contributed by atoms with van der Waals surface area (Å²) in [6.45, 7) is 11.5. The molecule has 1 fully saturated rings. The number of carbonyl (C=O) groups excluding carboxylic acids is 1. The fraction of sp³-hybridized carbons (Fsp3) is 0.733. The Morgan fingerprint density at radius 1 is 1.29 bits per heavy atom. The van der Waals surface area contributed by atoms with Crippen molar-refractivity contribution in [2.24, 2.45) is 5.92 Å². The summed E-state index contributed by atoms with van der Waals surface area (Å²) in [7, 11) is 0. The molecule has 21 heavy (non-hydrogen) atoms. The first-order chi connectivity index (χ1) is 9.97. The van der Waals surface area contributed by atoms with Gasteiger partial charge < -0.3 is 9.47 Å². The SMILES string of the molecule is Cc1csc(=O)n1CCC(=O)N1CCN(CC(C)C)CC1. The zero-order valence-corrected chi connectivity index (χ0v) is 14.0. The van der Waals surface area contributed by atoms with E-state index in [1.807, 2.05) is 17.2 Å². The van der Waals surface area contributed by atoms with E-state index in [-0.39, 0.29) is 10.8 Å². The van der Waals surface area contributed by atoms with Crippen LogP contribution in [0.1, 0.15) is 26.0 Å². The standard InChI is InChI=1S/C15H25N3O2S/c1-12(2)10-16-6-8-17(9-7-16)14(19)4-5-18-13(3)11-21-15(18)20/h11-12H,4-10H2,1-3H3. The van der Waals surface area contributed by atoms with Crippen LogP contribution in [-0.4, -0.2) is 53.0 Å². The van der Waals surface area contributed by atoms with Crippen molar-refractivity contribution < 1.29 is 4.79 Å². The number of thiazole rings is 1. The van der Waals surface area contributed by atoms with E-state index in [1.54, 1.807) is 4.57 Å². The number of carbonyl (C=O) groups is 1. The normalized spacial score (nSPS) is 16.7. The lowest BCUT2D eigenvalue weighted by molar-refractivity contribution is -0.133. The number of aromatic nitrogens is 1. The molecule has 1 aromatic heterocycles. The van der Waals surface area contributed by atoms with Crippen molar-refractivity contribution in [1.82, 2.24) is 14.4 Å². The molecule has 0 aliphatic carbocycles. The second-order valence-corrected chi connectivity index (χ2v) is 6.94. The Morgan fingerprint density at radius 2 is 1.95 bits per heavy atom. The van der Waals surface area contributed by atoms with Crippen LogP contribution in [-0.2, 0) is 11.3 Å². The van der Waals surface area contributed by atoms with Crippen LogP contribution >= 0.6 is 11.3 Å². The number of hydrogen-bond acceptors (Lipinski definition) is 4. The highest BCUT2D eigenvalue weighted by Crippen LogP contribution is 2.08. The Labute approximate surface area is 130 Å². The van der Waals surface area contributed by atoms with Crippen LogP contribution in [0.3, 0.4) is 0 Å². The number of hydrogen-bond donors (Lipinski definition) is 0. The Balaban J connectivity index is 1.79. The van der Waals surface area contributed by atoms with Gasteiger partial charge in [-0.2, -0.15) is 0 Å². The van der Waals surface area contributed by atoms with Crippen LogP contribution in [0.15, 0.2) is 10.2 Å². The predicted octanol–water partition coefficient (Wildman–Crippen LogP) is 1.41. The minimum atomic E-state index is 0.0297. The van der Waals surface area contributed by atoms with Gasteiger partial charge in [-0.3, -0.25) is 14.5 Å². The minimum Gasteiger partial charge on any atom is -0.340 e. The van der Waals surface area contributed by atoms with Gasteiger partial charge in [0.1, 0.15) is 0 Å². The molecule has 2 heterocycles. The molecule has 1 aliphatic rings. The number of aryl methyl sites for hydroxylation is 1. The number of amides is 1. The topological polar surface area (TPSA) is 45.6 Å². The molecule has 2 rings (SSSR count). The molecule has 1 aliphatic heterocycles. The van der Waals surface area contributed by atoms with E-state index >= 15 is 0 Å². The van der Waals surface area contributed by atoms with Gasteiger partial charge in [0.05, 0.1) is 0 Å². The number of piperazine rings is 1. The molecule has 0 N–H and O–H groups in total. The van der Waals surface area contributed by atoms with Gasteiger partial charge in [-0.1, -0.05) is 25.2 Å². The van der Waals surface area contributed by atoms with Crippen LogP contribution in [0.25, 0.3) is 0 Å². The summed E-state index contributed by atoms with van der Waals surface area (Å²) >= 11 is 1.20. The molecule has 118 valence electrons. The summed E-state index contributed by atoms with van der Waals surface area (Å²) in [5, 5.41) is 1.84. The van der Waals surface area contributed by atoms with Gasteiger partial charge in [0.2, 0.25) is 5.91 Å². The zero-order chi connectivity index (χ0) is 15.4. The van der Waals surface area contributed by atoms with E-state index in [2.05, 4.69) is 18.7 Å². The van der Waals surface area contributed by atoms with Gasteiger partial charge >= 0.3 is 4.87 Å². The molecule has 1 amide bonds. The molecule has 0 radical (unpaired) electrons. The molecular formula is C15H25N3O2S. The monoisotopic (exact) mass is 311 g/mol. The van der Waals surface area contributed by atoms with E-state index in [0.29, 0.717) is 18.9 Å². The van der Waals surface area contributed by atoms with Crippen LogP contribution in [0, 0.1) is 12.8 Å². The summed E-state index contributed by atoms with van der Waals surface area (Å²) in [5.41, 5.74) is 0.944. The zero-order valence-electron chi connectivity index (χ0n) is 13.2. The maximum Gasteiger partial charge on any atom is 0.307 e. The highest BCUT2D eigenvalue weighted by molar-refractivity contribution is 7.07. The highest BCUT2D eigenvalue weighted by atomic mass is 32.1. The molecule has 1 aromatic rings. The van der Waals surface area contributed by atoms with Gasteiger partial charge in [0, 0.05) is 56.8 Å². The largest absolute Gasteiger partial charge is 0.340 e. The maximum atomic E-state index is 12.2. The van der Waals surface area contributed by atoms with Crippen molar-refractivity contribution in [1.29, 1.82) is 0 Å². The summed E-state index contributed by atoms with van der Waals surface area (Å²) in [6, 6.07) is 0. The van der Waals surface area contributed by atoms with Gasteiger partial charge in [0.15, 0.2) is 0 Å². The van der Waals surface area contributed by atoms with Crippen molar-refractivity contribution in [3.63, 3.8) is 0 Å². The fourth-order valence-electron chi connectivity index (χ4n) is 2.74. The Morgan fingerprint density at radius 3 is 2.48 bits per heavy atom. The minimum absolute atomic E-state index is 0.0297. The molecule has 0 atom stereocenters. The third-order valence-corrected chi connectivity index (χ3v) is 4.76. The lowest BCUT2D eigenvalue weighted by atomic mass is 10.2. The number of rotatable bonds is 5. The molecule has 0 spiro atoms. The molecule has 6 heteroatoms. The van der Waals surface area contributed by atoms with Gasteiger partial charge in [-0.05, 0) is 12.8 Å². The van der Waals surface area contributed by atoms with E-state index in [4.69, 9.17) is 0 Å². The molecular weight excluding hydrogens is 286 g/mol. The Hall–Kier alpha value is -1.14. The first-order valence-electron chi connectivity index (χ1n) is 7.62. The first kappa shape index (κ1) is 16.2. The summed E-state index contributed by atoms with van der Waals surface area (Å²) in [5.74, 6) is 0.831. The van der Waals surface area contributed by atoms with Gasteiger partial charge in [0.25, 0.3) is 0 Å². The van der Waals surface area contributed by atoms with Crippen molar-refractivity contribution in [3.05, 3.63) is 20.7 Å². The lowest BCUT2D eigenvalue weighted by Crippen LogP contribution is -2.49. The summed E-state index contributed by atoms with van der Waals surface area (Å²) in [6.07, 6.45) is 0.418. The second kappa shape index (κ2) is 7.22. The molecule has 0 unspecified atom stereocenters. The van der Waals surface area contributed by atoms with E-state index in [9.17, 15) is 9.59 Å². The smallest absolute Gasteiger partial charge is 0.307 e. The third-order valence-electron chi connectivity index (χ3n) is 3.87. The van der Waals surface area contributed by atoms with Gasteiger partial charge in [-0.25, -0.2) is 0 Å². The van der Waals surface area contributed by atoms with Crippen molar-refractivity contribution >= 4 is 17.2 Å². The van der Waals surface area contributed by atoms with E-state index < -0.39 is 0 Å². The summed E-state index contributed by atoms with van der Waals surface area (Å²) in [4.78, 5) is 28.2. The van der Waals surface area contributed by atoms with Crippen molar-refractivity contribution in [2.75, 3.05) is 32.7 Å². The quantitative estimate of drug-likeness (QED) is 0.826. The fourth-order valence-corrected chi connectivity index (χ4v) is 3.50.